The fraction of sp³-hybridized carbons (Fsp3) is 0.375. The lowest BCUT2D eigenvalue weighted by Crippen LogP contribution is -2.64. The largest absolute Gasteiger partial charge is 0.464 e. The highest BCUT2D eigenvalue weighted by atomic mass is 19.2. The topological polar surface area (TPSA) is 96.5 Å². The second-order valence-electron chi connectivity index (χ2n) is 8.01. The maximum absolute atomic E-state index is 13.6. The molecule has 1 unspecified atom stereocenters. The van der Waals surface area contributed by atoms with Gasteiger partial charge in [-0.2, -0.15) is 0 Å². The van der Waals surface area contributed by atoms with Crippen LogP contribution in [0.5, 0.6) is 0 Å². The van der Waals surface area contributed by atoms with Crippen LogP contribution < -0.4 is 16.0 Å². The Balaban J connectivity index is 1.84. The standard InChI is InChI=1S/C24H26F3N3O4/c1-2-34-22(32)19(12-15-6-4-3-5-7-15)29-23(33)24(8-10-28-11-9-24)30-21(31)16-13-17(25)20(27)18(26)14-16/h3-7,13-14,19,28H,2,8-12H2,1H3,(H,29,33)(H,30,31). The number of rotatable bonds is 8. The fourth-order valence-electron chi connectivity index (χ4n) is 3.82. The third-order valence-electron chi connectivity index (χ3n) is 5.65. The summed E-state index contributed by atoms with van der Waals surface area (Å²) in [7, 11) is 0. The lowest BCUT2D eigenvalue weighted by Gasteiger charge is -2.37. The van der Waals surface area contributed by atoms with Crippen molar-refractivity contribution in [3.8, 4) is 0 Å². The quantitative estimate of drug-likeness (QED) is 0.400. The molecule has 0 saturated carbocycles. The molecule has 1 atom stereocenters. The Morgan fingerprint density at radius 3 is 2.26 bits per heavy atom. The molecule has 7 nitrogen and oxygen atoms in total. The molecule has 34 heavy (non-hydrogen) atoms. The van der Waals surface area contributed by atoms with Gasteiger partial charge in [0.1, 0.15) is 11.6 Å². The summed E-state index contributed by atoms with van der Waals surface area (Å²) in [6.07, 6.45) is 0.497. The molecule has 2 aromatic rings. The number of benzene rings is 2. The molecule has 1 fully saturated rings. The van der Waals surface area contributed by atoms with E-state index < -0.39 is 52.4 Å². The molecule has 2 aromatic carbocycles. The summed E-state index contributed by atoms with van der Waals surface area (Å²) in [6.45, 7) is 2.52. The molecule has 182 valence electrons. The summed E-state index contributed by atoms with van der Waals surface area (Å²) in [5, 5.41) is 8.33. The van der Waals surface area contributed by atoms with E-state index in [0.29, 0.717) is 25.2 Å². The highest BCUT2D eigenvalue weighted by Gasteiger charge is 2.43. The number of halogens is 3. The Labute approximate surface area is 195 Å². The lowest BCUT2D eigenvalue weighted by molar-refractivity contribution is -0.148. The van der Waals surface area contributed by atoms with E-state index in [4.69, 9.17) is 4.74 Å². The van der Waals surface area contributed by atoms with Crippen LogP contribution >= 0.6 is 0 Å². The molecule has 1 aliphatic rings. The number of ether oxygens (including phenoxy) is 1. The van der Waals surface area contributed by atoms with Crippen molar-refractivity contribution in [2.24, 2.45) is 0 Å². The van der Waals surface area contributed by atoms with Crippen molar-refractivity contribution in [2.45, 2.75) is 37.8 Å². The number of carbonyl (C=O) groups excluding carboxylic acids is 3. The maximum atomic E-state index is 13.6. The van der Waals surface area contributed by atoms with Crippen LogP contribution in [-0.2, 0) is 20.7 Å². The van der Waals surface area contributed by atoms with Gasteiger partial charge in [0.15, 0.2) is 17.5 Å². The molecule has 3 rings (SSSR count). The Morgan fingerprint density at radius 2 is 1.68 bits per heavy atom. The van der Waals surface area contributed by atoms with E-state index in [0.717, 1.165) is 5.56 Å². The van der Waals surface area contributed by atoms with Crippen molar-refractivity contribution in [1.82, 2.24) is 16.0 Å². The van der Waals surface area contributed by atoms with E-state index in [1.165, 1.54) is 0 Å². The van der Waals surface area contributed by atoms with Crippen LogP contribution in [0.2, 0.25) is 0 Å². The molecule has 1 aliphatic heterocycles. The summed E-state index contributed by atoms with van der Waals surface area (Å²) in [5.74, 6) is -6.91. The highest BCUT2D eigenvalue weighted by Crippen LogP contribution is 2.22. The smallest absolute Gasteiger partial charge is 0.328 e. The summed E-state index contributed by atoms with van der Waals surface area (Å²) < 4.78 is 45.7. The predicted molar refractivity (Wildman–Crippen MR) is 117 cm³/mol. The Bertz CT molecular complexity index is 1020. The van der Waals surface area contributed by atoms with Gasteiger partial charge in [0.25, 0.3) is 5.91 Å². The minimum absolute atomic E-state index is 0.119. The van der Waals surface area contributed by atoms with Gasteiger partial charge in [0, 0.05) is 12.0 Å². The second-order valence-corrected chi connectivity index (χ2v) is 8.01. The van der Waals surface area contributed by atoms with Gasteiger partial charge in [-0.3, -0.25) is 9.59 Å². The molecule has 1 heterocycles. The average molecular weight is 477 g/mol. The SMILES string of the molecule is CCOC(=O)C(Cc1ccccc1)NC(=O)C1(NC(=O)c2cc(F)c(F)c(F)c2)CCNCC1. The van der Waals surface area contributed by atoms with E-state index in [2.05, 4.69) is 16.0 Å². The van der Waals surface area contributed by atoms with E-state index in [-0.39, 0.29) is 25.9 Å². The second kappa shape index (κ2) is 11.1. The van der Waals surface area contributed by atoms with Crippen molar-refractivity contribution >= 4 is 17.8 Å². The Kier molecular flexibility index (Phi) is 8.27. The van der Waals surface area contributed by atoms with Gasteiger partial charge in [0.05, 0.1) is 6.61 Å². The van der Waals surface area contributed by atoms with E-state index >= 15 is 0 Å². The van der Waals surface area contributed by atoms with Gasteiger partial charge in [-0.05, 0) is 50.6 Å². The normalized spacial score (nSPS) is 15.8. The zero-order valence-electron chi connectivity index (χ0n) is 18.6. The van der Waals surface area contributed by atoms with Crippen LogP contribution in [0.3, 0.4) is 0 Å². The number of esters is 1. The van der Waals surface area contributed by atoms with Crippen LogP contribution in [0.4, 0.5) is 13.2 Å². The van der Waals surface area contributed by atoms with Crippen LogP contribution in [0.15, 0.2) is 42.5 Å². The van der Waals surface area contributed by atoms with Gasteiger partial charge in [-0.25, -0.2) is 18.0 Å². The van der Waals surface area contributed by atoms with Gasteiger partial charge in [-0.15, -0.1) is 0 Å². The minimum atomic E-state index is -1.69. The monoisotopic (exact) mass is 477 g/mol. The van der Waals surface area contributed by atoms with Crippen molar-refractivity contribution in [3.63, 3.8) is 0 Å². The van der Waals surface area contributed by atoms with Gasteiger partial charge < -0.3 is 20.7 Å². The number of piperidine rings is 1. The Morgan fingerprint density at radius 1 is 1.06 bits per heavy atom. The van der Waals surface area contributed by atoms with Crippen molar-refractivity contribution < 1.29 is 32.3 Å². The molecular formula is C24H26F3N3O4. The van der Waals surface area contributed by atoms with E-state index in [9.17, 15) is 27.6 Å². The van der Waals surface area contributed by atoms with Crippen LogP contribution in [0.25, 0.3) is 0 Å². The molecule has 0 spiro atoms. The molecule has 2 amide bonds. The third kappa shape index (κ3) is 5.93. The first-order chi connectivity index (χ1) is 16.3. The first kappa shape index (κ1) is 25.2. The van der Waals surface area contributed by atoms with Gasteiger partial charge in [0.2, 0.25) is 5.91 Å². The molecule has 3 N–H and O–H groups in total. The third-order valence-corrected chi connectivity index (χ3v) is 5.65. The lowest BCUT2D eigenvalue weighted by atomic mass is 9.86. The van der Waals surface area contributed by atoms with Crippen molar-refractivity contribution in [2.75, 3.05) is 19.7 Å². The summed E-state index contributed by atoms with van der Waals surface area (Å²) in [5.41, 5.74) is -1.12. The zero-order valence-corrected chi connectivity index (χ0v) is 18.6. The summed E-state index contributed by atoms with van der Waals surface area (Å²) in [4.78, 5) is 38.8. The Hall–Kier alpha value is -3.40. The number of hydrogen-bond acceptors (Lipinski definition) is 5. The van der Waals surface area contributed by atoms with Crippen LogP contribution in [0, 0.1) is 17.5 Å². The fourth-order valence-corrected chi connectivity index (χ4v) is 3.82. The molecule has 0 radical (unpaired) electrons. The molecule has 0 bridgehead atoms. The number of hydrogen-bond donors (Lipinski definition) is 3. The summed E-state index contributed by atoms with van der Waals surface area (Å²) in [6, 6.07) is 9.15. The first-order valence-corrected chi connectivity index (χ1v) is 10.9. The summed E-state index contributed by atoms with van der Waals surface area (Å²) >= 11 is 0. The molecule has 10 heteroatoms. The maximum Gasteiger partial charge on any atom is 0.328 e. The van der Waals surface area contributed by atoms with Crippen LogP contribution in [0.1, 0.15) is 35.7 Å². The van der Waals surface area contributed by atoms with Gasteiger partial charge >= 0.3 is 5.97 Å². The molecule has 0 aromatic heterocycles. The van der Waals surface area contributed by atoms with E-state index in [1.54, 1.807) is 31.2 Å². The van der Waals surface area contributed by atoms with Crippen LogP contribution in [-0.4, -0.2) is 49.1 Å². The number of amides is 2. The predicted octanol–water partition coefficient (Wildman–Crippen LogP) is 2.25. The van der Waals surface area contributed by atoms with Crippen molar-refractivity contribution in [3.05, 3.63) is 71.0 Å². The van der Waals surface area contributed by atoms with Crippen molar-refractivity contribution in [1.29, 1.82) is 0 Å². The first-order valence-electron chi connectivity index (χ1n) is 10.9. The van der Waals surface area contributed by atoms with Gasteiger partial charge in [-0.1, -0.05) is 30.3 Å². The molecule has 0 aliphatic carbocycles. The molecule has 1 saturated heterocycles. The zero-order chi connectivity index (χ0) is 24.7. The number of nitrogens with one attached hydrogen (secondary N) is 3. The molecular weight excluding hydrogens is 451 g/mol. The highest BCUT2D eigenvalue weighted by molar-refractivity contribution is 6.00. The number of carbonyl (C=O) groups is 3. The average Bonchev–Trinajstić information content (AvgIpc) is 2.83. The minimum Gasteiger partial charge on any atom is -0.464 e. The van der Waals surface area contributed by atoms with E-state index in [1.807, 2.05) is 6.07 Å².